The Labute approximate surface area is 162 Å². The molecule has 3 heterocycles. The molecule has 0 saturated carbocycles. The topological polar surface area (TPSA) is 58.6 Å². The van der Waals surface area contributed by atoms with Crippen LogP contribution >= 0.6 is 22.9 Å². The highest BCUT2D eigenvalue weighted by Crippen LogP contribution is 2.28. The van der Waals surface area contributed by atoms with Crippen LogP contribution in [0.5, 0.6) is 0 Å². The second-order valence-corrected chi connectivity index (χ2v) is 8.73. The number of carbonyl (C=O) groups is 1. The average molecular weight is 395 g/mol. The number of aromatic nitrogens is 2. The van der Waals surface area contributed by atoms with Crippen molar-refractivity contribution >= 4 is 29.0 Å². The van der Waals surface area contributed by atoms with Gasteiger partial charge in [-0.25, -0.2) is 14.8 Å². The number of thiophene rings is 1. The molecule has 0 atom stereocenters. The predicted octanol–water partition coefficient (Wildman–Crippen LogP) is 3.91. The molecule has 140 valence electrons. The maximum Gasteiger partial charge on any atom is 0.410 e. The molecule has 0 bridgehead atoms. The highest BCUT2D eigenvalue weighted by atomic mass is 35.5. The van der Waals surface area contributed by atoms with E-state index in [4.69, 9.17) is 16.3 Å². The van der Waals surface area contributed by atoms with Gasteiger partial charge < -0.3 is 9.64 Å². The fourth-order valence-corrected chi connectivity index (χ4v) is 3.88. The molecule has 0 spiro atoms. The van der Waals surface area contributed by atoms with Crippen LogP contribution in [0, 0.1) is 0 Å². The third kappa shape index (κ3) is 5.16. The molecule has 0 unspecified atom stereocenters. The molecule has 26 heavy (non-hydrogen) atoms. The summed E-state index contributed by atoms with van der Waals surface area (Å²) in [5.74, 6) is 0. The number of ether oxygens (including phenoxy) is 1. The van der Waals surface area contributed by atoms with Crippen molar-refractivity contribution in [3.63, 3.8) is 0 Å². The van der Waals surface area contributed by atoms with Crippen molar-refractivity contribution < 1.29 is 9.53 Å². The van der Waals surface area contributed by atoms with E-state index in [2.05, 4.69) is 27.0 Å². The van der Waals surface area contributed by atoms with Gasteiger partial charge in [0.15, 0.2) is 0 Å². The summed E-state index contributed by atoms with van der Waals surface area (Å²) < 4.78 is 5.44. The molecule has 0 radical (unpaired) electrons. The second-order valence-electron chi connectivity index (χ2n) is 7.22. The van der Waals surface area contributed by atoms with Gasteiger partial charge in [-0.1, -0.05) is 0 Å². The molecule has 2 aromatic rings. The van der Waals surface area contributed by atoms with Gasteiger partial charge in [0.2, 0.25) is 5.28 Å². The van der Waals surface area contributed by atoms with Gasteiger partial charge in [0.05, 0.1) is 10.6 Å². The number of carbonyl (C=O) groups excluding carboxylic acids is 1. The Bertz CT molecular complexity index is 767. The first kappa shape index (κ1) is 19.1. The van der Waals surface area contributed by atoms with Crippen molar-refractivity contribution in [1.29, 1.82) is 0 Å². The molecule has 1 aliphatic rings. The monoisotopic (exact) mass is 394 g/mol. The smallest absolute Gasteiger partial charge is 0.410 e. The third-order valence-corrected chi connectivity index (χ3v) is 5.22. The van der Waals surface area contributed by atoms with Crippen molar-refractivity contribution in [2.75, 3.05) is 26.2 Å². The van der Waals surface area contributed by atoms with Crippen LogP contribution in [0.2, 0.25) is 5.28 Å². The summed E-state index contributed by atoms with van der Waals surface area (Å²) >= 11 is 7.58. The van der Waals surface area contributed by atoms with Crippen LogP contribution in [0.15, 0.2) is 24.4 Å². The summed E-state index contributed by atoms with van der Waals surface area (Å²) in [4.78, 5) is 26.8. The van der Waals surface area contributed by atoms with Gasteiger partial charge in [-0.05, 0) is 50.6 Å². The molecule has 6 nitrogen and oxygen atoms in total. The first-order chi connectivity index (χ1) is 12.3. The minimum absolute atomic E-state index is 0.226. The van der Waals surface area contributed by atoms with Gasteiger partial charge in [0.25, 0.3) is 0 Å². The minimum atomic E-state index is -0.453. The molecule has 1 aliphatic heterocycles. The fourth-order valence-electron chi connectivity index (χ4n) is 2.71. The Kier molecular flexibility index (Phi) is 5.79. The lowest BCUT2D eigenvalue weighted by atomic mass is 10.2. The Morgan fingerprint density at radius 1 is 1.23 bits per heavy atom. The average Bonchev–Trinajstić information content (AvgIpc) is 3.02. The van der Waals surface area contributed by atoms with Crippen LogP contribution < -0.4 is 0 Å². The molecule has 1 amide bonds. The number of rotatable bonds is 3. The lowest BCUT2D eigenvalue weighted by Gasteiger charge is -2.35. The summed E-state index contributed by atoms with van der Waals surface area (Å²) in [6, 6.07) is 6.05. The largest absolute Gasteiger partial charge is 0.444 e. The van der Waals surface area contributed by atoms with E-state index in [1.807, 2.05) is 26.8 Å². The summed E-state index contributed by atoms with van der Waals surface area (Å²) in [5.41, 5.74) is 0.391. The molecule has 0 aromatic carbocycles. The Balaban J connectivity index is 1.53. The Hall–Kier alpha value is -1.70. The van der Waals surface area contributed by atoms with Crippen molar-refractivity contribution in [1.82, 2.24) is 19.8 Å². The van der Waals surface area contributed by atoms with E-state index in [1.54, 1.807) is 22.4 Å². The van der Waals surface area contributed by atoms with Crippen LogP contribution in [0.4, 0.5) is 4.79 Å². The predicted molar refractivity (Wildman–Crippen MR) is 103 cm³/mol. The summed E-state index contributed by atoms with van der Waals surface area (Å²) in [6.07, 6.45) is 1.44. The first-order valence-corrected chi connectivity index (χ1v) is 9.77. The van der Waals surface area contributed by atoms with Crippen LogP contribution in [-0.4, -0.2) is 57.6 Å². The van der Waals surface area contributed by atoms with Crippen LogP contribution in [-0.2, 0) is 11.3 Å². The van der Waals surface area contributed by atoms with Crippen molar-refractivity contribution in [3.05, 3.63) is 34.6 Å². The van der Waals surface area contributed by atoms with Gasteiger partial charge in [-0.15, -0.1) is 11.3 Å². The number of hydrogen-bond acceptors (Lipinski definition) is 6. The van der Waals surface area contributed by atoms with E-state index in [-0.39, 0.29) is 11.4 Å². The van der Waals surface area contributed by atoms with E-state index in [1.165, 1.54) is 4.88 Å². The number of halogens is 1. The highest BCUT2D eigenvalue weighted by Gasteiger charge is 2.26. The van der Waals surface area contributed by atoms with Gasteiger partial charge in [0.1, 0.15) is 5.60 Å². The molecule has 8 heteroatoms. The summed E-state index contributed by atoms with van der Waals surface area (Å²) in [7, 11) is 0. The highest BCUT2D eigenvalue weighted by molar-refractivity contribution is 7.15. The summed E-state index contributed by atoms with van der Waals surface area (Å²) in [5, 5.41) is 0.260. The van der Waals surface area contributed by atoms with Crippen molar-refractivity contribution in [2.45, 2.75) is 32.9 Å². The first-order valence-electron chi connectivity index (χ1n) is 8.58. The van der Waals surface area contributed by atoms with E-state index in [0.29, 0.717) is 13.1 Å². The lowest BCUT2D eigenvalue weighted by Crippen LogP contribution is -2.49. The second kappa shape index (κ2) is 7.90. The van der Waals surface area contributed by atoms with Gasteiger partial charge in [0, 0.05) is 43.8 Å². The van der Waals surface area contributed by atoms with Crippen molar-refractivity contribution in [3.8, 4) is 10.6 Å². The third-order valence-electron chi connectivity index (χ3n) is 3.94. The van der Waals surface area contributed by atoms with E-state index in [9.17, 15) is 4.79 Å². The minimum Gasteiger partial charge on any atom is -0.444 e. The van der Waals surface area contributed by atoms with Crippen LogP contribution in [0.25, 0.3) is 10.6 Å². The quantitative estimate of drug-likeness (QED) is 0.738. The zero-order valence-corrected chi connectivity index (χ0v) is 16.8. The van der Waals surface area contributed by atoms with E-state index < -0.39 is 5.60 Å². The number of amides is 1. The molecular weight excluding hydrogens is 372 g/mol. The molecule has 1 saturated heterocycles. The van der Waals surface area contributed by atoms with E-state index in [0.717, 1.165) is 30.2 Å². The van der Waals surface area contributed by atoms with Gasteiger partial charge in [-0.2, -0.15) is 0 Å². The van der Waals surface area contributed by atoms with Crippen molar-refractivity contribution in [2.24, 2.45) is 0 Å². The number of hydrogen-bond donors (Lipinski definition) is 0. The van der Waals surface area contributed by atoms with Gasteiger partial charge >= 0.3 is 6.09 Å². The molecule has 0 N–H and O–H groups in total. The zero-order chi connectivity index (χ0) is 18.7. The summed E-state index contributed by atoms with van der Waals surface area (Å²) in [6.45, 7) is 9.59. The normalized spacial score (nSPS) is 15.9. The molecule has 1 fully saturated rings. The van der Waals surface area contributed by atoms with Crippen LogP contribution in [0.3, 0.4) is 0 Å². The standard InChI is InChI=1S/C18H23ClN4O2S/c1-18(2,3)25-17(24)23-10-8-22(9-11-23)12-13-4-5-15(26-13)14-6-7-20-16(19)21-14/h4-7H,8-12H2,1-3H3. The SMILES string of the molecule is CC(C)(C)OC(=O)N1CCN(Cc2ccc(-c3ccnc(Cl)n3)s2)CC1. The Morgan fingerprint density at radius 3 is 2.62 bits per heavy atom. The molecule has 0 aliphatic carbocycles. The maximum atomic E-state index is 12.1. The molecular formula is C18H23ClN4O2S. The Morgan fingerprint density at radius 2 is 1.96 bits per heavy atom. The van der Waals surface area contributed by atoms with Crippen LogP contribution in [0.1, 0.15) is 25.6 Å². The fraction of sp³-hybridized carbons (Fsp3) is 0.500. The number of nitrogens with zero attached hydrogens (tertiary/aromatic N) is 4. The maximum absolute atomic E-state index is 12.1. The molecule has 2 aromatic heterocycles. The zero-order valence-electron chi connectivity index (χ0n) is 15.2. The van der Waals surface area contributed by atoms with E-state index >= 15 is 0 Å². The lowest BCUT2D eigenvalue weighted by molar-refractivity contribution is 0.0140. The molecule has 3 rings (SSSR count). The number of piperazine rings is 1. The van der Waals surface area contributed by atoms with Gasteiger partial charge in [-0.3, -0.25) is 4.90 Å².